The van der Waals surface area contributed by atoms with Gasteiger partial charge in [0.2, 0.25) is 0 Å². The molecule has 1 amide bonds. The molecule has 0 aliphatic carbocycles. The Morgan fingerprint density at radius 1 is 1.06 bits per heavy atom. The van der Waals surface area contributed by atoms with Crippen LogP contribution in [-0.4, -0.2) is 28.4 Å². The highest BCUT2D eigenvalue weighted by Crippen LogP contribution is 2.44. The van der Waals surface area contributed by atoms with Gasteiger partial charge in [-0.15, -0.1) is 0 Å². The Morgan fingerprint density at radius 2 is 1.78 bits per heavy atom. The number of nitrogens with zero attached hydrogens (tertiary/aromatic N) is 2. The van der Waals surface area contributed by atoms with Crippen molar-refractivity contribution < 1.29 is 19.4 Å². The number of hydrogen-bond acceptors (Lipinski definition) is 6. The summed E-state index contributed by atoms with van der Waals surface area (Å²) in [5.74, 6) is -0.991. The van der Waals surface area contributed by atoms with Crippen LogP contribution in [0, 0.1) is 13.8 Å². The maximum atomic E-state index is 13.4. The fourth-order valence-electron chi connectivity index (χ4n) is 4.53. The zero-order chi connectivity index (χ0) is 25.4. The number of thiazole rings is 1. The number of hydrogen-bond donors (Lipinski definition) is 1. The van der Waals surface area contributed by atoms with E-state index in [2.05, 4.69) is 0 Å². The van der Waals surface area contributed by atoms with Crippen molar-refractivity contribution in [3.63, 3.8) is 0 Å². The normalized spacial score (nSPS) is 17.2. The Bertz CT molecular complexity index is 1490. The number of Topliss-reactive ketones (excluding diaryl/α,β-unsaturated/α-hetero) is 1. The zero-order valence-corrected chi connectivity index (χ0v) is 21.1. The number of ether oxygens (including phenoxy) is 1. The van der Waals surface area contributed by atoms with E-state index in [9.17, 15) is 14.7 Å². The van der Waals surface area contributed by atoms with Crippen LogP contribution in [0.1, 0.15) is 41.6 Å². The first kappa shape index (κ1) is 23.8. The van der Waals surface area contributed by atoms with E-state index in [1.54, 1.807) is 24.3 Å². The van der Waals surface area contributed by atoms with Gasteiger partial charge in [0.1, 0.15) is 11.5 Å². The molecule has 1 unspecified atom stereocenters. The Balaban J connectivity index is 1.65. The Kier molecular flexibility index (Phi) is 6.33. The number of aliphatic hydroxyl groups excluding tert-OH is 1. The van der Waals surface area contributed by atoms with Crippen molar-refractivity contribution in [1.82, 2.24) is 4.98 Å². The number of rotatable bonds is 6. The third kappa shape index (κ3) is 4.16. The fourth-order valence-corrected chi connectivity index (χ4v) is 5.70. The highest BCUT2D eigenvalue weighted by Gasteiger charge is 2.48. The van der Waals surface area contributed by atoms with Crippen molar-refractivity contribution in [1.29, 1.82) is 0 Å². The summed E-state index contributed by atoms with van der Waals surface area (Å²) < 4.78 is 6.58. The second-order valence-electron chi connectivity index (χ2n) is 8.88. The summed E-state index contributed by atoms with van der Waals surface area (Å²) >= 11 is 1.37. The van der Waals surface area contributed by atoms with Gasteiger partial charge in [0.05, 0.1) is 28.4 Å². The summed E-state index contributed by atoms with van der Waals surface area (Å²) in [5.41, 5.74) is 4.10. The summed E-state index contributed by atoms with van der Waals surface area (Å²) in [6.45, 7) is 6.61. The van der Waals surface area contributed by atoms with Crippen LogP contribution >= 0.6 is 11.3 Å². The van der Waals surface area contributed by atoms with Crippen molar-refractivity contribution in [3.05, 3.63) is 94.6 Å². The molecule has 0 bridgehead atoms. The van der Waals surface area contributed by atoms with Gasteiger partial charge in [0.25, 0.3) is 5.78 Å². The van der Waals surface area contributed by atoms with Crippen LogP contribution in [0.5, 0.6) is 5.75 Å². The topological polar surface area (TPSA) is 79.7 Å². The number of ketones is 1. The molecule has 6 nitrogen and oxygen atoms in total. The monoisotopic (exact) mass is 498 g/mol. The highest BCUT2D eigenvalue weighted by atomic mass is 32.1. The number of benzene rings is 3. The number of aryl methyl sites for hydroxylation is 2. The molecule has 4 aromatic rings. The molecule has 1 aromatic heterocycles. The molecule has 1 saturated heterocycles. The van der Waals surface area contributed by atoms with E-state index in [4.69, 9.17) is 9.72 Å². The van der Waals surface area contributed by atoms with Crippen LogP contribution in [0.4, 0.5) is 5.13 Å². The molecule has 1 N–H and O–H groups in total. The largest absolute Gasteiger partial charge is 0.507 e. The molecule has 1 aliphatic heterocycles. The van der Waals surface area contributed by atoms with Gasteiger partial charge in [0, 0.05) is 5.56 Å². The van der Waals surface area contributed by atoms with Gasteiger partial charge < -0.3 is 9.84 Å². The minimum atomic E-state index is -0.802. The first-order valence-electron chi connectivity index (χ1n) is 11.9. The average molecular weight is 499 g/mol. The molecule has 0 spiro atoms. The van der Waals surface area contributed by atoms with E-state index in [0.717, 1.165) is 27.8 Å². The van der Waals surface area contributed by atoms with Gasteiger partial charge in [-0.25, -0.2) is 4.98 Å². The summed E-state index contributed by atoms with van der Waals surface area (Å²) in [4.78, 5) is 33.0. The molecule has 1 atom stereocenters. The highest BCUT2D eigenvalue weighted by molar-refractivity contribution is 7.22. The average Bonchev–Trinajstić information content (AvgIpc) is 3.42. The number of fused-ring (bicyclic) bond motifs is 1. The second-order valence-corrected chi connectivity index (χ2v) is 9.89. The molecule has 182 valence electrons. The summed E-state index contributed by atoms with van der Waals surface area (Å²) in [6.07, 6.45) is 0.882. The fraction of sp³-hybridized carbons (Fsp3) is 0.207. The SMILES string of the molecule is CCCOc1ccc(C(O)=C2C(=O)C(=O)N(c3nc4c(C)cc(C)cc4s3)C2c2ccccc2)cc1. The zero-order valence-electron chi connectivity index (χ0n) is 20.3. The molecule has 3 aromatic carbocycles. The van der Waals surface area contributed by atoms with Gasteiger partial charge in [-0.2, -0.15) is 0 Å². The Labute approximate surface area is 213 Å². The number of anilines is 1. The van der Waals surface area contributed by atoms with Crippen molar-refractivity contribution in [3.8, 4) is 5.75 Å². The van der Waals surface area contributed by atoms with Gasteiger partial charge >= 0.3 is 5.91 Å². The Hall–Kier alpha value is -3.97. The standard InChI is InChI=1S/C29H26N2O4S/c1-4-14-35-21-12-10-20(11-13-21)26(32)23-25(19-8-6-5-7-9-19)31(28(34)27(23)33)29-30-24-18(3)15-17(2)16-22(24)36-29/h5-13,15-16,25,32H,4,14H2,1-3H3. The van der Waals surface area contributed by atoms with Crippen molar-refractivity contribution in [2.45, 2.75) is 33.2 Å². The summed E-state index contributed by atoms with van der Waals surface area (Å²) in [7, 11) is 0. The molecule has 7 heteroatoms. The lowest BCUT2D eigenvalue weighted by Gasteiger charge is -2.22. The number of carbonyl (C=O) groups excluding carboxylic acids is 2. The van der Waals surface area contributed by atoms with Crippen molar-refractivity contribution in [2.75, 3.05) is 11.5 Å². The lowest BCUT2D eigenvalue weighted by Crippen LogP contribution is -2.29. The molecule has 2 heterocycles. The maximum Gasteiger partial charge on any atom is 0.301 e. The second kappa shape index (κ2) is 9.59. The summed E-state index contributed by atoms with van der Waals surface area (Å²) in [5, 5.41) is 11.7. The number of aromatic nitrogens is 1. The van der Waals surface area contributed by atoms with Crippen LogP contribution in [0.3, 0.4) is 0 Å². The lowest BCUT2D eigenvalue weighted by molar-refractivity contribution is -0.132. The first-order chi connectivity index (χ1) is 17.4. The van der Waals surface area contributed by atoms with Gasteiger partial charge in [-0.3, -0.25) is 14.5 Å². The van der Waals surface area contributed by atoms with Gasteiger partial charge in [-0.05, 0) is 67.3 Å². The Morgan fingerprint density at radius 3 is 2.47 bits per heavy atom. The molecule has 0 saturated carbocycles. The third-order valence-electron chi connectivity index (χ3n) is 6.18. The van der Waals surface area contributed by atoms with E-state index in [0.29, 0.717) is 28.6 Å². The van der Waals surface area contributed by atoms with Crippen molar-refractivity contribution >= 4 is 44.1 Å². The van der Waals surface area contributed by atoms with Crippen molar-refractivity contribution in [2.24, 2.45) is 0 Å². The third-order valence-corrected chi connectivity index (χ3v) is 7.19. The lowest BCUT2D eigenvalue weighted by atomic mass is 9.95. The number of carbonyl (C=O) groups is 2. The van der Waals surface area contributed by atoms with Gasteiger partial charge in [0.15, 0.2) is 5.13 Å². The van der Waals surface area contributed by atoms with E-state index in [1.165, 1.54) is 16.2 Å². The van der Waals surface area contributed by atoms with E-state index in [-0.39, 0.29) is 11.3 Å². The predicted molar refractivity (Wildman–Crippen MR) is 143 cm³/mol. The smallest absolute Gasteiger partial charge is 0.301 e. The van der Waals surface area contributed by atoms with E-state index in [1.807, 2.05) is 63.2 Å². The first-order valence-corrected chi connectivity index (χ1v) is 12.7. The molecule has 1 aliphatic rings. The van der Waals surface area contributed by atoms with E-state index >= 15 is 0 Å². The molecular weight excluding hydrogens is 472 g/mol. The van der Waals surface area contributed by atoms with Crippen LogP contribution in [-0.2, 0) is 9.59 Å². The predicted octanol–water partition coefficient (Wildman–Crippen LogP) is 6.33. The maximum absolute atomic E-state index is 13.4. The molecule has 36 heavy (non-hydrogen) atoms. The minimum Gasteiger partial charge on any atom is -0.507 e. The minimum absolute atomic E-state index is 0.0422. The molecular formula is C29H26N2O4S. The van der Waals surface area contributed by atoms with Crippen LogP contribution < -0.4 is 9.64 Å². The summed E-state index contributed by atoms with van der Waals surface area (Å²) in [6, 6.07) is 19.4. The molecule has 5 rings (SSSR count). The van der Waals surface area contributed by atoms with Gasteiger partial charge in [-0.1, -0.05) is 54.7 Å². The molecule has 1 fully saturated rings. The van der Waals surface area contributed by atoms with Crippen LogP contribution in [0.15, 0.2) is 72.3 Å². The quantitative estimate of drug-likeness (QED) is 0.191. The van der Waals surface area contributed by atoms with Crippen LogP contribution in [0.25, 0.3) is 16.0 Å². The number of aliphatic hydroxyl groups is 1. The van der Waals surface area contributed by atoms with E-state index < -0.39 is 17.7 Å². The number of amides is 1. The molecule has 0 radical (unpaired) electrons. The van der Waals surface area contributed by atoms with Crippen LogP contribution in [0.2, 0.25) is 0 Å².